The molecule has 4 aromatic carbocycles. The third-order valence-corrected chi connectivity index (χ3v) is 20.8. The number of fused-ring (bicyclic) bond motifs is 16. The molecule has 0 fully saturated rings. The number of aromatic nitrogens is 16. The molecule has 0 radical (unpaired) electrons. The van der Waals surface area contributed by atoms with Crippen LogP contribution in [0.2, 0.25) is 0 Å². The maximum atomic E-state index is 11.0. The Hall–Kier alpha value is -10.1. The van der Waals surface area contributed by atoms with Gasteiger partial charge in [0.1, 0.15) is 25.3 Å². The van der Waals surface area contributed by atoms with Crippen molar-refractivity contribution in [2.45, 2.75) is 99.9 Å². The van der Waals surface area contributed by atoms with Gasteiger partial charge in [-0.15, -0.1) is 0 Å². The summed E-state index contributed by atoms with van der Waals surface area (Å²) in [5, 5.41) is 43.8. The predicted octanol–water partition coefficient (Wildman–Crippen LogP) is 10.2. The lowest BCUT2D eigenvalue weighted by molar-refractivity contribution is 0.0704. The second-order valence-corrected chi connectivity index (χ2v) is 25.2. The summed E-state index contributed by atoms with van der Waals surface area (Å²) in [5.41, 5.74) is 21.9. The molecular formula is C72H64N16O4. The fraction of sp³-hybridized carbons (Fsp3) is 0.278. The van der Waals surface area contributed by atoms with E-state index in [0.29, 0.717) is 0 Å². The Morgan fingerprint density at radius 2 is 0.500 bits per heavy atom. The molecule has 8 aliphatic rings. The summed E-state index contributed by atoms with van der Waals surface area (Å²) in [5.74, 6) is 0.408. The Labute approximate surface area is 529 Å². The molecule has 12 heterocycles. The van der Waals surface area contributed by atoms with E-state index in [0.717, 1.165) is 119 Å². The highest BCUT2D eigenvalue weighted by atomic mass is 16.3. The van der Waals surface area contributed by atoms with E-state index in [-0.39, 0.29) is 47.8 Å². The van der Waals surface area contributed by atoms with Gasteiger partial charge >= 0.3 is 0 Å². The normalized spacial score (nSPS) is 24.8. The van der Waals surface area contributed by atoms with Crippen LogP contribution in [-0.2, 0) is 25.7 Å². The van der Waals surface area contributed by atoms with E-state index in [1.807, 2.05) is 50.1 Å². The molecule has 0 unspecified atom stereocenters. The van der Waals surface area contributed by atoms with E-state index in [4.69, 9.17) is 0 Å². The van der Waals surface area contributed by atoms with Crippen molar-refractivity contribution in [3.8, 4) is 45.0 Å². The topological polar surface area (TPSA) is 255 Å². The predicted molar refractivity (Wildman–Crippen MR) is 338 cm³/mol. The highest BCUT2D eigenvalue weighted by Crippen LogP contribution is 2.54. The number of hydrogen-bond donors (Lipinski definition) is 4. The quantitative estimate of drug-likeness (QED) is 0.128. The van der Waals surface area contributed by atoms with Crippen molar-refractivity contribution in [1.29, 1.82) is 0 Å². The number of benzene rings is 4. The molecule has 20 heteroatoms. The van der Waals surface area contributed by atoms with E-state index in [9.17, 15) is 20.4 Å². The molecular weight excluding hydrogens is 1150 g/mol. The summed E-state index contributed by atoms with van der Waals surface area (Å²) in [4.78, 5) is 50.9. The third-order valence-electron chi connectivity index (χ3n) is 20.8. The van der Waals surface area contributed by atoms with Crippen LogP contribution in [0.25, 0.3) is 45.0 Å². The fourth-order valence-corrected chi connectivity index (χ4v) is 16.6. The van der Waals surface area contributed by atoms with Gasteiger partial charge in [0.05, 0.1) is 121 Å². The molecule has 4 aliphatic heterocycles. The van der Waals surface area contributed by atoms with Crippen LogP contribution in [0.1, 0.15) is 142 Å². The summed E-state index contributed by atoms with van der Waals surface area (Å²) in [6.45, 7) is 0. The summed E-state index contributed by atoms with van der Waals surface area (Å²) in [7, 11) is 0. The Morgan fingerprint density at radius 3 is 0.739 bits per heavy atom. The van der Waals surface area contributed by atoms with Gasteiger partial charge in [-0.2, -0.15) is 0 Å². The van der Waals surface area contributed by atoms with Crippen molar-refractivity contribution in [3.63, 3.8) is 0 Å². The summed E-state index contributed by atoms with van der Waals surface area (Å²) in [6, 6.07) is 34.1. The second kappa shape index (κ2) is 23.0. The van der Waals surface area contributed by atoms with Crippen molar-refractivity contribution in [1.82, 2.24) is 78.1 Å². The summed E-state index contributed by atoms with van der Waals surface area (Å²) in [6.07, 6.45) is 33.4. The van der Waals surface area contributed by atoms with Gasteiger partial charge in [0, 0.05) is 116 Å². The van der Waals surface area contributed by atoms with Gasteiger partial charge in [0.15, 0.2) is 0 Å². The van der Waals surface area contributed by atoms with Crippen molar-refractivity contribution in [2.24, 2.45) is 23.7 Å². The van der Waals surface area contributed by atoms with Crippen molar-refractivity contribution in [3.05, 3.63) is 265 Å². The van der Waals surface area contributed by atoms with Crippen LogP contribution in [0, 0.1) is 23.7 Å². The molecule has 12 aromatic rings. The molecule has 0 saturated carbocycles. The average molecular weight is 1220 g/mol. The lowest BCUT2D eigenvalue weighted by Crippen LogP contribution is -2.29. The van der Waals surface area contributed by atoms with Crippen molar-refractivity contribution in [2.75, 3.05) is 0 Å². The number of rotatable bonds is 4. The van der Waals surface area contributed by atoms with Gasteiger partial charge < -0.3 is 38.7 Å². The number of hydrogen-bond acceptors (Lipinski definition) is 16. The van der Waals surface area contributed by atoms with Crippen LogP contribution in [0.4, 0.5) is 0 Å². The first kappa shape index (κ1) is 55.9. The largest absolute Gasteiger partial charge is 0.388 e. The maximum Gasteiger partial charge on any atom is 0.115 e. The van der Waals surface area contributed by atoms with Gasteiger partial charge in [-0.1, -0.05) is 97.1 Å². The smallest absolute Gasteiger partial charge is 0.115 e. The van der Waals surface area contributed by atoms with Gasteiger partial charge in [-0.3, -0.25) is 0 Å². The fourth-order valence-electron chi connectivity index (χ4n) is 16.6. The van der Waals surface area contributed by atoms with Crippen molar-refractivity contribution < 1.29 is 20.4 Å². The number of aliphatic hydroxyl groups excluding tert-OH is 4. The minimum Gasteiger partial charge on any atom is -0.388 e. The minimum atomic E-state index is -0.550. The van der Waals surface area contributed by atoms with E-state index in [1.54, 1.807) is 50.1 Å². The van der Waals surface area contributed by atoms with Crippen LogP contribution in [0.15, 0.2) is 197 Å². The van der Waals surface area contributed by atoms with Gasteiger partial charge in [0.25, 0.3) is 0 Å². The monoisotopic (exact) mass is 1220 g/mol. The first-order chi connectivity index (χ1) is 45.4. The van der Waals surface area contributed by atoms with Crippen molar-refractivity contribution >= 4 is 0 Å². The summed E-state index contributed by atoms with van der Waals surface area (Å²) >= 11 is 0. The highest BCUT2D eigenvalue weighted by molar-refractivity contribution is 5.72. The molecule has 8 aromatic heterocycles. The first-order valence-electron chi connectivity index (χ1n) is 31.7. The van der Waals surface area contributed by atoms with Crippen LogP contribution in [0.5, 0.6) is 0 Å². The Balaban J connectivity index is 0.0000000939. The molecule has 0 amide bonds. The first-order valence-corrected chi connectivity index (χ1v) is 31.7. The SMILES string of the molecule is O[C@@H]1c2cncnc2CC[C@@H]1[C@H]1c2ccccc2-c2cncn21.O[C@@H]1c2cncnc2CC[C@H]1[C@H]1c2ccccc2-c2cncn21.O[C@H]1c2cncnc2CC[C@@H]1[C@H]1c2ccccc2-c2cncn21.O[C@H]1c2cncnc2CC[C@H]1[C@@H]1c2ccccc2-c2cncn21. The molecule has 92 heavy (non-hydrogen) atoms. The Morgan fingerprint density at radius 1 is 0.272 bits per heavy atom. The Bertz CT molecular complexity index is 4140. The molecule has 20 nitrogen and oxygen atoms in total. The van der Waals surface area contributed by atoms with E-state index >= 15 is 0 Å². The number of imidazole rings is 4. The zero-order chi connectivity index (χ0) is 61.6. The molecule has 0 saturated heterocycles. The minimum absolute atomic E-state index is 0.102. The second-order valence-electron chi connectivity index (χ2n) is 25.2. The number of aryl methyl sites for hydroxylation is 4. The van der Waals surface area contributed by atoms with E-state index in [1.165, 1.54) is 44.5 Å². The zero-order valence-electron chi connectivity index (χ0n) is 50.0. The lowest BCUT2D eigenvalue weighted by atomic mass is 9.78. The molecule has 20 rings (SSSR count). The van der Waals surface area contributed by atoms with E-state index < -0.39 is 24.4 Å². The van der Waals surface area contributed by atoms with Crippen LogP contribution >= 0.6 is 0 Å². The molecule has 0 spiro atoms. The van der Waals surface area contributed by atoms with E-state index in [2.05, 4.69) is 175 Å². The molecule has 12 atom stereocenters. The Kier molecular flexibility index (Phi) is 14.0. The molecule has 4 aliphatic carbocycles. The lowest BCUT2D eigenvalue weighted by Gasteiger charge is -2.34. The summed E-state index contributed by atoms with van der Waals surface area (Å²) < 4.78 is 8.81. The van der Waals surface area contributed by atoms with Crippen LogP contribution in [-0.4, -0.2) is 98.5 Å². The third kappa shape index (κ3) is 9.09. The van der Waals surface area contributed by atoms with Gasteiger partial charge in [-0.05, 0) is 73.6 Å². The maximum absolute atomic E-state index is 11.0. The number of nitrogens with zero attached hydrogens (tertiary/aromatic N) is 16. The molecule has 4 N–H and O–H groups in total. The van der Waals surface area contributed by atoms with Gasteiger partial charge in [-0.25, -0.2) is 59.8 Å². The highest BCUT2D eigenvalue weighted by Gasteiger charge is 2.45. The van der Waals surface area contributed by atoms with Crippen LogP contribution in [0.3, 0.4) is 0 Å². The standard InChI is InChI=1S/4C18H16N4O/c4*23-18-13(5-6-15-14(18)7-19-9-21-15)17-12-4-2-1-3-11(12)16-8-20-10-22(16)17/h4*1-4,7-10,13,17-18,23H,5-6H2/t13-,17+,18-;2*13-,17-,18+;13-,17-,18-/m0101/s1. The molecule has 456 valence electrons. The zero-order valence-corrected chi connectivity index (χ0v) is 50.0. The van der Waals surface area contributed by atoms with Gasteiger partial charge in [0.2, 0.25) is 0 Å². The van der Waals surface area contributed by atoms with Crippen LogP contribution < -0.4 is 0 Å². The number of aliphatic hydroxyl groups is 4. The molecule has 0 bridgehead atoms. The average Bonchev–Trinajstić information content (AvgIpc) is 1.62.